The van der Waals surface area contributed by atoms with Gasteiger partial charge in [-0.05, 0) is 5.56 Å². The van der Waals surface area contributed by atoms with E-state index in [0.717, 1.165) is 5.56 Å². The van der Waals surface area contributed by atoms with Gasteiger partial charge in [0, 0.05) is 13.7 Å². The van der Waals surface area contributed by atoms with Crippen molar-refractivity contribution in [3.05, 3.63) is 41.7 Å². The first-order chi connectivity index (χ1) is 11.7. The Bertz CT molecular complexity index is 818. The number of anilines is 2. The number of benzene rings is 1. The molecule has 0 aliphatic heterocycles. The Labute approximate surface area is 139 Å². The number of nitrogens with one attached hydrogen (secondary N) is 1. The van der Waals surface area contributed by atoms with E-state index in [-0.39, 0.29) is 12.4 Å². The predicted molar refractivity (Wildman–Crippen MR) is 91.6 cm³/mol. The molecule has 3 aromatic rings. The third kappa shape index (κ3) is 3.29. The summed E-state index contributed by atoms with van der Waals surface area (Å²) >= 11 is 0. The van der Waals surface area contributed by atoms with Crippen molar-refractivity contribution >= 4 is 22.9 Å². The van der Waals surface area contributed by atoms with Gasteiger partial charge in [0.2, 0.25) is 5.95 Å². The number of aliphatic hydroxyl groups is 1. The summed E-state index contributed by atoms with van der Waals surface area (Å²) in [5.41, 5.74) is 8.18. The number of hydrogen-bond donors (Lipinski definition) is 3. The number of aromatic nitrogens is 4. The maximum Gasteiger partial charge on any atom is 0.226 e. The Kier molecular flexibility index (Phi) is 4.88. The lowest BCUT2D eigenvalue weighted by molar-refractivity contribution is 0.210. The molecule has 8 nitrogen and oxygen atoms in total. The second-order valence-electron chi connectivity index (χ2n) is 5.28. The predicted octanol–water partition coefficient (Wildman–Crippen LogP) is 1.01. The largest absolute Gasteiger partial charge is 0.388 e. The highest BCUT2D eigenvalue weighted by molar-refractivity contribution is 5.83. The number of rotatable bonds is 7. The molecule has 24 heavy (non-hydrogen) atoms. The first-order valence-electron chi connectivity index (χ1n) is 7.63. The van der Waals surface area contributed by atoms with Crippen LogP contribution < -0.4 is 11.1 Å². The summed E-state index contributed by atoms with van der Waals surface area (Å²) in [6, 6.07) is 9.91. The van der Waals surface area contributed by atoms with E-state index in [4.69, 9.17) is 10.5 Å². The van der Waals surface area contributed by atoms with Crippen molar-refractivity contribution in [1.82, 2.24) is 19.5 Å². The summed E-state index contributed by atoms with van der Waals surface area (Å²) in [4.78, 5) is 13.1. The van der Waals surface area contributed by atoms with Gasteiger partial charge in [-0.2, -0.15) is 9.97 Å². The fourth-order valence-corrected chi connectivity index (χ4v) is 2.46. The Morgan fingerprint density at radius 2 is 2.00 bits per heavy atom. The molecule has 0 atom stereocenters. The topological polar surface area (TPSA) is 111 Å². The van der Waals surface area contributed by atoms with Gasteiger partial charge in [-0.1, -0.05) is 30.3 Å². The van der Waals surface area contributed by atoms with Crippen LogP contribution in [0.5, 0.6) is 0 Å². The maximum atomic E-state index is 9.63. The minimum atomic E-state index is -0.199. The van der Waals surface area contributed by atoms with Gasteiger partial charge in [0.15, 0.2) is 17.0 Å². The zero-order valence-electron chi connectivity index (χ0n) is 13.4. The van der Waals surface area contributed by atoms with Gasteiger partial charge in [0.05, 0.1) is 13.2 Å². The normalized spacial score (nSPS) is 11.1. The van der Waals surface area contributed by atoms with Gasteiger partial charge in [0.25, 0.3) is 0 Å². The number of nitrogen functional groups attached to an aromatic ring is 1. The molecule has 1 aromatic carbocycles. The van der Waals surface area contributed by atoms with E-state index >= 15 is 0 Å². The minimum Gasteiger partial charge on any atom is -0.388 e. The lowest BCUT2D eigenvalue weighted by Gasteiger charge is -2.09. The molecule has 2 heterocycles. The Hall–Kier alpha value is -2.71. The van der Waals surface area contributed by atoms with E-state index in [1.54, 1.807) is 7.11 Å². The molecule has 8 heteroatoms. The first kappa shape index (κ1) is 16.2. The third-order valence-electron chi connectivity index (χ3n) is 3.61. The zero-order chi connectivity index (χ0) is 16.9. The highest BCUT2D eigenvalue weighted by Crippen LogP contribution is 2.22. The second-order valence-corrected chi connectivity index (χ2v) is 5.28. The molecule has 4 N–H and O–H groups in total. The van der Waals surface area contributed by atoms with Gasteiger partial charge in [0.1, 0.15) is 12.4 Å². The number of fused-ring (bicyclic) bond motifs is 1. The van der Waals surface area contributed by atoms with Crippen LogP contribution in [0.2, 0.25) is 0 Å². The molecule has 0 fully saturated rings. The Morgan fingerprint density at radius 1 is 1.21 bits per heavy atom. The van der Waals surface area contributed by atoms with E-state index in [0.29, 0.717) is 42.6 Å². The number of imidazole rings is 1. The van der Waals surface area contributed by atoms with Crippen LogP contribution in [0.1, 0.15) is 11.4 Å². The Morgan fingerprint density at radius 3 is 2.71 bits per heavy atom. The standard InChI is InChI=1S/C16H20N6O2/c1-24-8-7-18-16-20-14(17)13-15(21-16)22(12(10-23)19-13)9-11-5-3-2-4-6-11/h2-6,23H,7-10H2,1H3,(H3,17,18,20,21). The molecule has 0 bridgehead atoms. The molecule has 126 valence electrons. The first-order valence-corrected chi connectivity index (χ1v) is 7.63. The van der Waals surface area contributed by atoms with Crippen LogP contribution in [0.15, 0.2) is 30.3 Å². The van der Waals surface area contributed by atoms with Gasteiger partial charge >= 0.3 is 0 Å². The maximum absolute atomic E-state index is 9.63. The van der Waals surface area contributed by atoms with Crippen molar-refractivity contribution in [1.29, 1.82) is 0 Å². The molecule has 0 spiro atoms. The lowest BCUT2D eigenvalue weighted by Crippen LogP contribution is -2.12. The molecule has 0 radical (unpaired) electrons. The van der Waals surface area contributed by atoms with Crippen LogP contribution in [0.3, 0.4) is 0 Å². The van der Waals surface area contributed by atoms with Crippen LogP contribution in [0, 0.1) is 0 Å². The van der Waals surface area contributed by atoms with Gasteiger partial charge < -0.3 is 25.5 Å². The average Bonchev–Trinajstić information content (AvgIpc) is 2.94. The van der Waals surface area contributed by atoms with Crippen molar-refractivity contribution in [2.45, 2.75) is 13.2 Å². The fourth-order valence-electron chi connectivity index (χ4n) is 2.46. The van der Waals surface area contributed by atoms with Crippen molar-refractivity contribution < 1.29 is 9.84 Å². The molecular weight excluding hydrogens is 308 g/mol. The second kappa shape index (κ2) is 7.24. The number of ether oxygens (including phenoxy) is 1. The molecule has 0 aliphatic rings. The van der Waals surface area contributed by atoms with Crippen LogP contribution in [0.25, 0.3) is 11.2 Å². The van der Waals surface area contributed by atoms with Crippen LogP contribution >= 0.6 is 0 Å². The number of nitrogens with zero attached hydrogens (tertiary/aromatic N) is 4. The van der Waals surface area contributed by atoms with Gasteiger partial charge in [-0.25, -0.2) is 4.98 Å². The molecular formula is C16H20N6O2. The number of hydrogen-bond acceptors (Lipinski definition) is 7. The zero-order valence-corrected chi connectivity index (χ0v) is 13.4. The van der Waals surface area contributed by atoms with E-state index in [2.05, 4.69) is 20.3 Å². The van der Waals surface area contributed by atoms with Crippen LogP contribution in [0.4, 0.5) is 11.8 Å². The van der Waals surface area contributed by atoms with Crippen molar-refractivity contribution in [2.75, 3.05) is 31.3 Å². The quantitative estimate of drug-likeness (QED) is 0.555. The molecule has 3 rings (SSSR count). The summed E-state index contributed by atoms with van der Waals surface area (Å²) in [6.07, 6.45) is 0. The molecule has 0 unspecified atom stereocenters. The summed E-state index contributed by atoms with van der Waals surface area (Å²) in [7, 11) is 1.63. The van der Waals surface area contributed by atoms with E-state index in [9.17, 15) is 5.11 Å². The van der Waals surface area contributed by atoms with Crippen molar-refractivity contribution in [2.24, 2.45) is 0 Å². The van der Waals surface area contributed by atoms with E-state index in [1.165, 1.54) is 0 Å². The third-order valence-corrected chi connectivity index (χ3v) is 3.61. The van der Waals surface area contributed by atoms with Crippen molar-refractivity contribution in [3.8, 4) is 0 Å². The number of methoxy groups -OCH3 is 1. The van der Waals surface area contributed by atoms with Crippen molar-refractivity contribution in [3.63, 3.8) is 0 Å². The number of nitrogens with two attached hydrogens (primary N) is 1. The summed E-state index contributed by atoms with van der Waals surface area (Å²) in [5, 5.41) is 12.7. The summed E-state index contributed by atoms with van der Waals surface area (Å²) in [6.45, 7) is 1.45. The highest BCUT2D eigenvalue weighted by atomic mass is 16.5. The van der Waals surface area contributed by atoms with Gasteiger partial charge in [-0.3, -0.25) is 0 Å². The molecule has 0 aliphatic carbocycles. The molecule has 2 aromatic heterocycles. The monoisotopic (exact) mass is 328 g/mol. The fraction of sp³-hybridized carbons (Fsp3) is 0.312. The van der Waals surface area contributed by atoms with E-state index < -0.39 is 0 Å². The SMILES string of the molecule is COCCNc1nc(N)c2nc(CO)n(Cc3ccccc3)c2n1. The summed E-state index contributed by atoms with van der Waals surface area (Å²) < 4.78 is 6.86. The lowest BCUT2D eigenvalue weighted by atomic mass is 10.2. The highest BCUT2D eigenvalue weighted by Gasteiger charge is 2.16. The average molecular weight is 328 g/mol. The van der Waals surface area contributed by atoms with Gasteiger partial charge in [-0.15, -0.1) is 0 Å². The van der Waals surface area contributed by atoms with Crippen LogP contribution in [-0.2, 0) is 17.9 Å². The van der Waals surface area contributed by atoms with E-state index in [1.807, 2.05) is 34.9 Å². The molecule has 0 saturated carbocycles. The molecule has 0 amide bonds. The smallest absolute Gasteiger partial charge is 0.226 e. The van der Waals surface area contributed by atoms with Crippen LogP contribution in [-0.4, -0.2) is 44.9 Å². The minimum absolute atomic E-state index is 0.199. The Balaban J connectivity index is 2.01. The summed E-state index contributed by atoms with van der Waals surface area (Å²) in [5.74, 6) is 1.20. The number of aliphatic hydroxyl groups excluding tert-OH is 1. The molecule has 0 saturated heterocycles.